The lowest BCUT2D eigenvalue weighted by Gasteiger charge is -2.15. The zero-order chi connectivity index (χ0) is 29.0. The molecule has 5 aromatic rings. The second-order valence-electron chi connectivity index (χ2n) is 9.13. The van der Waals surface area contributed by atoms with E-state index in [1.54, 1.807) is 78.9 Å². The molecule has 5 aromatic carbocycles. The van der Waals surface area contributed by atoms with Gasteiger partial charge in [-0.15, -0.1) is 0 Å². The number of aromatic carboxylic acids is 1. The highest BCUT2D eigenvalue weighted by Gasteiger charge is 2.17. The molecule has 0 aliphatic heterocycles. The molecular weight excluding hydrogens is 538 g/mol. The summed E-state index contributed by atoms with van der Waals surface area (Å²) in [6, 6.07) is 33.9. The Bertz CT molecular complexity index is 1840. The number of hydrogen-bond donors (Lipinski definition) is 4. The molecule has 0 radical (unpaired) electrons. The summed E-state index contributed by atoms with van der Waals surface area (Å²) in [4.78, 5) is 11.7. The van der Waals surface area contributed by atoms with Crippen molar-refractivity contribution in [2.75, 3.05) is 4.72 Å². The molecule has 5 N–H and O–H groups in total. The lowest BCUT2D eigenvalue weighted by molar-refractivity contribution is 0.0697. The van der Waals surface area contributed by atoms with Crippen LogP contribution in [0.15, 0.2) is 126 Å². The lowest BCUT2D eigenvalue weighted by Crippen LogP contribution is -2.13. The highest BCUT2D eigenvalue weighted by Crippen LogP contribution is 2.37. The maximum absolute atomic E-state index is 13.3. The van der Waals surface area contributed by atoms with Crippen molar-refractivity contribution >= 4 is 27.5 Å². The van der Waals surface area contributed by atoms with Gasteiger partial charge in [0.1, 0.15) is 17.3 Å². The third-order valence-electron chi connectivity index (χ3n) is 6.32. The zero-order valence-corrected chi connectivity index (χ0v) is 22.4. The van der Waals surface area contributed by atoms with Crippen LogP contribution in [0.25, 0.3) is 22.3 Å². The fourth-order valence-electron chi connectivity index (χ4n) is 4.23. The van der Waals surface area contributed by atoms with Crippen molar-refractivity contribution in [1.29, 1.82) is 5.41 Å². The standard InChI is InChI=1S/C32H25N3O5S/c33-31(34)23-9-14-27(15-10-23)40-30-18-13-26(20-29(30)24-7-4-8-25(19-24)32(36)37)35-41(38,39)28-16-11-22(12-17-28)21-5-2-1-3-6-21/h1-20,35H,(H3,33,34)(H,36,37). The van der Waals surface area contributed by atoms with Crippen LogP contribution in [0.2, 0.25) is 0 Å². The Morgan fingerprint density at radius 3 is 2.05 bits per heavy atom. The third-order valence-corrected chi connectivity index (χ3v) is 7.71. The van der Waals surface area contributed by atoms with Crippen molar-refractivity contribution in [3.8, 4) is 33.8 Å². The lowest BCUT2D eigenvalue weighted by atomic mass is 10.0. The molecular formula is C32H25N3O5S. The van der Waals surface area contributed by atoms with Gasteiger partial charge in [0.2, 0.25) is 0 Å². The van der Waals surface area contributed by atoms with E-state index in [9.17, 15) is 18.3 Å². The van der Waals surface area contributed by atoms with Gasteiger partial charge in [-0.05, 0) is 83.4 Å². The van der Waals surface area contributed by atoms with Gasteiger partial charge >= 0.3 is 5.97 Å². The molecule has 0 saturated heterocycles. The third kappa shape index (κ3) is 6.26. The van der Waals surface area contributed by atoms with E-state index >= 15 is 0 Å². The largest absolute Gasteiger partial charge is 0.478 e. The molecule has 9 heteroatoms. The number of hydrogen-bond acceptors (Lipinski definition) is 5. The molecule has 0 aliphatic rings. The Morgan fingerprint density at radius 1 is 0.732 bits per heavy atom. The summed E-state index contributed by atoms with van der Waals surface area (Å²) in [5.41, 5.74) is 9.28. The highest BCUT2D eigenvalue weighted by atomic mass is 32.2. The number of carboxylic acids is 1. The van der Waals surface area contributed by atoms with Gasteiger partial charge in [-0.25, -0.2) is 13.2 Å². The van der Waals surface area contributed by atoms with Gasteiger partial charge in [0.05, 0.1) is 10.5 Å². The average molecular weight is 564 g/mol. The molecule has 0 saturated carbocycles. The molecule has 0 unspecified atom stereocenters. The Kier molecular flexibility index (Phi) is 7.53. The summed E-state index contributed by atoms with van der Waals surface area (Å²) < 4.78 is 35.2. The number of sulfonamides is 1. The van der Waals surface area contributed by atoms with Gasteiger partial charge < -0.3 is 15.6 Å². The first-order valence-electron chi connectivity index (χ1n) is 12.5. The van der Waals surface area contributed by atoms with Crippen LogP contribution in [0.3, 0.4) is 0 Å². The van der Waals surface area contributed by atoms with Crippen LogP contribution in [0, 0.1) is 5.41 Å². The molecule has 204 valence electrons. The molecule has 41 heavy (non-hydrogen) atoms. The van der Waals surface area contributed by atoms with Gasteiger partial charge in [-0.2, -0.15) is 0 Å². The molecule has 0 fully saturated rings. The van der Waals surface area contributed by atoms with Crippen LogP contribution in [0.1, 0.15) is 15.9 Å². The molecule has 0 bridgehead atoms. The fraction of sp³-hybridized carbons (Fsp3) is 0. The van der Waals surface area contributed by atoms with E-state index in [2.05, 4.69) is 4.72 Å². The first-order chi connectivity index (χ1) is 19.7. The van der Waals surface area contributed by atoms with E-state index < -0.39 is 16.0 Å². The van der Waals surface area contributed by atoms with E-state index in [4.69, 9.17) is 15.9 Å². The van der Waals surface area contributed by atoms with Crippen LogP contribution in [-0.4, -0.2) is 25.3 Å². The summed E-state index contributed by atoms with van der Waals surface area (Å²) in [7, 11) is -3.93. The Labute approximate surface area is 237 Å². The van der Waals surface area contributed by atoms with Gasteiger partial charge in [-0.1, -0.05) is 54.6 Å². The molecule has 0 aromatic heterocycles. The van der Waals surface area contributed by atoms with Gasteiger partial charge in [-0.3, -0.25) is 10.1 Å². The smallest absolute Gasteiger partial charge is 0.335 e. The van der Waals surface area contributed by atoms with Gasteiger partial charge in [0.15, 0.2) is 0 Å². The van der Waals surface area contributed by atoms with Crippen molar-refractivity contribution in [3.63, 3.8) is 0 Å². The minimum atomic E-state index is -3.93. The SMILES string of the molecule is N=C(N)c1ccc(Oc2ccc(NS(=O)(=O)c3ccc(-c4ccccc4)cc3)cc2-c2cccc(C(=O)O)c2)cc1. The summed E-state index contributed by atoms with van der Waals surface area (Å²) >= 11 is 0. The van der Waals surface area contributed by atoms with E-state index in [0.717, 1.165) is 11.1 Å². The number of ether oxygens (including phenoxy) is 1. The van der Waals surface area contributed by atoms with E-state index in [1.807, 2.05) is 30.3 Å². The number of carbonyl (C=O) groups is 1. The first-order valence-corrected chi connectivity index (χ1v) is 14.0. The van der Waals surface area contributed by atoms with Crippen molar-refractivity contribution < 1.29 is 23.1 Å². The number of anilines is 1. The molecule has 8 nitrogen and oxygen atoms in total. The molecule has 0 amide bonds. The minimum Gasteiger partial charge on any atom is -0.478 e. The number of rotatable bonds is 9. The van der Waals surface area contributed by atoms with E-state index in [0.29, 0.717) is 28.2 Å². The molecule has 0 spiro atoms. The number of carboxylic acid groups (broad SMARTS) is 1. The average Bonchev–Trinajstić information content (AvgIpc) is 2.98. The second kappa shape index (κ2) is 11.4. The van der Waals surface area contributed by atoms with E-state index in [-0.39, 0.29) is 22.0 Å². The molecule has 0 atom stereocenters. The topological polar surface area (TPSA) is 143 Å². The quantitative estimate of drug-likeness (QED) is 0.118. The predicted molar refractivity (Wildman–Crippen MR) is 159 cm³/mol. The van der Waals surface area contributed by atoms with Gasteiger partial charge in [0.25, 0.3) is 10.0 Å². The molecule has 0 heterocycles. The van der Waals surface area contributed by atoms with Crippen molar-refractivity contribution in [2.24, 2.45) is 5.73 Å². The summed E-state index contributed by atoms with van der Waals surface area (Å²) in [6.07, 6.45) is 0. The van der Waals surface area contributed by atoms with Gasteiger partial charge in [0, 0.05) is 16.8 Å². The predicted octanol–water partition coefficient (Wildman–Crippen LogP) is 6.60. The Balaban J connectivity index is 1.48. The second-order valence-corrected chi connectivity index (χ2v) is 10.8. The Hall–Kier alpha value is -5.41. The zero-order valence-electron chi connectivity index (χ0n) is 21.6. The van der Waals surface area contributed by atoms with Crippen LogP contribution in [0.5, 0.6) is 11.5 Å². The van der Waals surface area contributed by atoms with Crippen molar-refractivity contribution in [3.05, 3.63) is 132 Å². The maximum atomic E-state index is 13.3. The first kappa shape index (κ1) is 27.2. The van der Waals surface area contributed by atoms with Crippen LogP contribution in [0.4, 0.5) is 5.69 Å². The Morgan fingerprint density at radius 2 is 1.39 bits per heavy atom. The minimum absolute atomic E-state index is 0.0729. The van der Waals surface area contributed by atoms with E-state index in [1.165, 1.54) is 12.1 Å². The number of nitrogen functional groups attached to an aromatic ring is 1. The molecule has 5 rings (SSSR count). The summed E-state index contributed by atoms with van der Waals surface area (Å²) in [5.74, 6) is -0.338. The molecule has 0 aliphatic carbocycles. The van der Waals surface area contributed by atoms with Crippen molar-refractivity contribution in [1.82, 2.24) is 0 Å². The van der Waals surface area contributed by atoms with Crippen LogP contribution in [-0.2, 0) is 10.0 Å². The fourth-order valence-corrected chi connectivity index (χ4v) is 5.28. The summed E-state index contributed by atoms with van der Waals surface area (Å²) in [5, 5.41) is 17.1. The number of benzene rings is 5. The number of nitrogens with two attached hydrogens (primary N) is 1. The normalized spacial score (nSPS) is 11.0. The maximum Gasteiger partial charge on any atom is 0.335 e. The van der Waals surface area contributed by atoms with Crippen LogP contribution < -0.4 is 15.2 Å². The number of amidine groups is 1. The number of nitrogens with one attached hydrogen (secondary N) is 2. The van der Waals surface area contributed by atoms with Crippen molar-refractivity contribution in [2.45, 2.75) is 4.90 Å². The highest BCUT2D eigenvalue weighted by molar-refractivity contribution is 7.92. The monoisotopic (exact) mass is 563 g/mol. The van der Waals surface area contributed by atoms with Crippen LogP contribution >= 0.6 is 0 Å². The summed E-state index contributed by atoms with van der Waals surface area (Å²) in [6.45, 7) is 0.